The highest BCUT2D eigenvalue weighted by atomic mass is 16.5. The van der Waals surface area contributed by atoms with Crippen molar-refractivity contribution in [2.45, 2.75) is 78.6 Å². The van der Waals surface area contributed by atoms with Crippen LogP contribution in [-0.2, 0) is 9.53 Å². The average molecular weight is 337 g/mol. The van der Waals surface area contributed by atoms with Gasteiger partial charge >= 0.3 is 5.97 Å². The first kappa shape index (κ1) is 21.0. The first-order chi connectivity index (χ1) is 11.6. The van der Waals surface area contributed by atoms with Crippen LogP contribution in [0.25, 0.3) is 0 Å². The number of allylic oxidation sites excluding steroid dienone is 3. The molecule has 0 radical (unpaired) electrons. The van der Waals surface area contributed by atoms with E-state index in [9.17, 15) is 9.90 Å². The van der Waals surface area contributed by atoms with Gasteiger partial charge in [-0.1, -0.05) is 76.2 Å². The summed E-state index contributed by atoms with van der Waals surface area (Å²) >= 11 is 0. The molecule has 0 heterocycles. The van der Waals surface area contributed by atoms with Crippen LogP contribution in [0.2, 0.25) is 0 Å². The molecule has 1 N–H and O–H groups in total. The summed E-state index contributed by atoms with van der Waals surface area (Å²) in [7, 11) is 1.70. The maximum atomic E-state index is 12.4. The molecule has 2 unspecified atom stereocenters. The second-order valence-electron chi connectivity index (χ2n) is 7.08. The molecule has 1 aliphatic rings. The standard InChI is InChI=1S/C21H36O3/c1-5-8-9-13-21(20(22)23)16-17(10-6-2)15-18(11-7-3)19(21)12-14-24-4/h15-16,19H,5-14H2,1-4H3,(H,22,23). The average Bonchev–Trinajstić information content (AvgIpc) is 2.54. The molecule has 1 aliphatic carbocycles. The van der Waals surface area contributed by atoms with Crippen LogP contribution >= 0.6 is 0 Å². The summed E-state index contributed by atoms with van der Waals surface area (Å²) in [5.74, 6) is -0.595. The molecule has 0 spiro atoms. The van der Waals surface area contributed by atoms with Crippen LogP contribution in [0.1, 0.15) is 78.6 Å². The first-order valence-corrected chi connectivity index (χ1v) is 9.70. The van der Waals surface area contributed by atoms with Crippen LogP contribution in [-0.4, -0.2) is 24.8 Å². The minimum absolute atomic E-state index is 0.0624. The number of hydrogen-bond donors (Lipinski definition) is 1. The topological polar surface area (TPSA) is 46.5 Å². The third-order valence-electron chi connectivity index (χ3n) is 5.16. The Morgan fingerprint density at radius 3 is 2.42 bits per heavy atom. The van der Waals surface area contributed by atoms with Crippen molar-refractivity contribution in [3.63, 3.8) is 0 Å². The Bertz CT molecular complexity index is 450. The second kappa shape index (κ2) is 10.7. The number of unbranched alkanes of at least 4 members (excludes halogenated alkanes) is 2. The van der Waals surface area contributed by atoms with Gasteiger partial charge in [0.2, 0.25) is 0 Å². The Balaban J connectivity index is 3.26. The summed E-state index contributed by atoms with van der Waals surface area (Å²) in [5.41, 5.74) is 1.78. The lowest BCUT2D eigenvalue weighted by Crippen LogP contribution is -2.40. The largest absolute Gasteiger partial charge is 0.481 e. The minimum atomic E-state index is -0.753. The molecule has 0 aromatic carbocycles. The van der Waals surface area contributed by atoms with Crippen molar-refractivity contribution >= 4 is 5.97 Å². The lowest BCUT2D eigenvalue weighted by molar-refractivity contribution is -0.149. The number of rotatable bonds is 12. The molecule has 0 bridgehead atoms. The number of carboxylic acid groups (broad SMARTS) is 1. The molecule has 24 heavy (non-hydrogen) atoms. The van der Waals surface area contributed by atoms with Crippen molar-refractivity contribution in [1.82, 2.24) is 0 Å². The zero-order valence-electron chi connectivity index (χ0n) is 16.1. The molecular formula is C21H36O3. The third-order valence-corrected chi connectivity index (χ3v) is 5.16. The van der Waals surface area contributed by atoms with Crippen molar-refractivity contribution in [2.24, 2.45) is 11.3 Å². The highest BCUT2D eigenvalue weighted by Gasteiger charge is 2.46. The lowest BCUT2D eigenvalue weighted by Gasteiger charge is -2.40. The fourth-order valence-corrected chi connectivity index (χ4v) is 4.02. The highest BCUT2D eigenvalue weighted by molar-refractivity contribution is 5.79. The molecule has 138 valence electrons. The van der Waals surface area contributed by atoms with Crippen LogP contribution in [0.5, 0.6) is 0 Å². The van der Waals surface area contributed by atoms with E-state index in [1.165, 1.54) is 11.1 Å². The molecule has 0 aliphatic heterocycles. The Labute approximate surface area is 148 Å². The van der Waals surface area contributed by atoms with E-state index < -0.39 is 11.4 Å². The van der Waals surface area contributed by atoms with Crippen molar-refractivity contribution in [3.05, 3.63) is 23.3 Å². The van der Waals surface area contributed by atoms with Gasteiger partial charge in [0.15, 0.2) is 0 Å². The SMILES string of the molecule is CCCCCC1(C(=O)O)C=C(CCC)C=C(CCC)C1CCOC. The maximum Gasteiger partial charge on any atom is 0.314 e. The summed E-state index contributed by atoms with van der Waals surface area (Å²) in [6.07, 6.45) is 13.1. The van der Waals surface area contributed by atoms with Crippen LogP contribution in [0.15, 0.2) is 23.3 Å². The Morgan fingerprint density at radius 1 is 1.17 bits per heavy atom. The predicted octanol–water partition coefficient (Wildman–Crippen LogP) is 5.76. The van der Waals surface area contributed by atoms with E-state index in [4.69, 9.17) is 4.74 Å². The summed E-state index contributed by atoms with van der Waals surface area (Å²) in [6.45, 7) is 7.11. The number of ether oxygens (including phenoxy) is 1. The summed E-state index contributed by atoms with van der Waals surface area (Å²) in [6, 6.07) is 0. The van der Waals surface area contributed by atoms with E-state index in [1.807, 2.05) is 0 Å². The van der Waals surface area contributed by atoms with E-state index in [0.717, 1.165) is 57.8 Å². The lowest BCUT2D eigenvalue weighted by atomic mass is 9.63. The van der Waals surface area contributed by atoms with E-state index in [2.05, 4.69) is 32.9 Å². The van der Waals surface area contributed by atoms with E-state index >= 15 is 0 Å². The zero-order chi connectivity index (χ0) is 18.0. The quantitative estimate of drug-likeness (QED) is 0.461. The Kier molecular flexibility index (Phi) is 9.35. The third kappa shape index (κ3) is 5.20. The van der Waals surface area contributed by atoms with Gasteiger partial charge in [-0.3, -0.25) is 4.79 Å². The first-order valence-electron chi connectivity index (χ1n) is 9.70. The fraction of sp³-hybridized carbons (Fsp3) is 0.762. The molecule has 2 atom stereocenters. The molecule has 0 amide bonds. The van der Waals surface area contributed by atoms with Gasteiger partial charge in [-0.2, -0.15) is 0 Å². The van der Waals surface area contributed by atoms with Crippen molar-refractivity contribution < 1.29 is 14.6 Å². The summed E-state index contributed by atoms with van der Waals surface area (Å²) < 4.78 is 5.30. The number of carbonyl (C=O) groups is 1. The van der Waals surface area contributed by atoms with Gasteiger partial charge in [0.25, 0.3) is 0 Å². The molecule has 3 heteroatoms. The number of hydrogen-bond acceptors (Lipinski definition) is 2. The second-order valence-corrected chi connectivity index (χ2v) is 7.08. The minimum Gasteiger partial charge on any atom is -0.481 e. The van der Waals surface area contributed by atoms with Crippen molar-refractivity contribution in [2.75, 3.05) is 13.7 Å². The van der Waals surface area contributed by atoms with E-state index in [0.29, 0.717) is 6.61 Å². The summed E-state index contributed by atoms with van der Waals surface area (Å²) in [4.78, 5) is 12.4. The number of aliphatic carboxylic acids is 1. The monoisotopic (exact) mass is 336 g/mol. The Morgan fingerprint density at radius 2 is 1.88 bits per heavy atom. The molecule has 0 aromatic rings. The van der Waals surface area contributed by atoms with Gasteiger partial charge in [-0.05, 0) is 25.7 Å². The fourth-order valence-electron chi connectivity index (χ4n) is 4.02. The Hall–Kier alpha value is -1.09. The normalized spacial score (nSPS) is 23.8. The molecular weight excluding hydrogens is 300 g/mol. The van der Waals surface area contributed by atoms with Crippen molar-refractivity contribution in [3.8, 4) is 0 Å². The zero-order valence-corrected chi connectivity index (χ0v) is 16.1. The van der Waals surface area contributed by atoms with Crippen LogP contribution in [0.3, 0.4) is 0 Å². The number of methoxy groups -OCH3 is 1. The van der Waals surface area contributed by atoms with E-state index in [1.54, 1.807) is 7.11 Å². The maximum absolute atomic E-state index is 12.4. The van der Waals surface area contributed by atoms with Gasteiger partial charge in [-0.25, -0.2) is 0 Å². The van der Waals surface area contributed by atoms with Crippen LogP contribution < -0.4 is 0 Å². The molecule has 0 aromatic heterocycles. The number of carboxylic acids is 1. The summed E-state index contributed by atoms with van der Waals surface area (Å²) in [5, 5.41) is 10.2. The molecule has 3 nitrogen and oxygen atoms in total. The smallest absolute Gasteiger partial charge is 0.314 e. The van der Waals surface area contributed by atoms with Crippen LogP contribution in [0.4, 0.5) is 0 Å². The predicted molar refractivity (Wildman–Crippen MR) is 100 cm³/mol. The highest BCUT2D eigenvalue weighted by Crippen LogP contribution is 2.47. The van der Waals surface area contributed by atoms with Crippen molar-refractivity contribution in [1.29, 1.82) is 0 Å². The van der Waals surface area contributed by atoms with Gasteiger partial charge in [0.1, 0.15) is 0 Å². The van der Waals surface area contributed by atoms with Gasteiger partial charge in [-0.15, -0.1) is 0 Å². The molecule has 1 rings (SSSR count). The molecule has 0 fully saturated rings. The van der Waals surface area contributed by atoms with Gasteiger partial charge in [0.05, 0.1) is 5.41 Å². The van der Waals surface area contributed by atoms with Gasteiger partial charge in [0, 0.05) is 19.6 Å². The van der Waals surface area contributed by atoms with Crippen LogP contribution in [0, 0.1) is 11.3 Å². The molecule has 0 saturated heterocycles. The molecule has 0 saturated carbocycles. The van der Waals surface area contributed by atoms with Gasteiger partial charge < -0.3 is 9.84 Å². The van der Waals surface area contributed by atoms with E-state index in [-0.39, 0.29) is 5.92 Å².